The minimum atomic E-state index is 0.252. The maximum absolute atomic E-state index is 3.53. The van der Waals surface area contributed by atoms with E-state index in [2.05, 4.69) is 57.1 Å². The summed E-state index contributed by atoms with van der Waals surface area (Å²) in [6.07, 6.45) is 1.16. The Balaban J connectivity index is 2.80. The smallest absolute Gasteiger partial charge is 0.0843 e. The van der Waals surface area contributed by atoms with E-state index in [1.165, 1.54) is 8.66 Å². The monoisotopic (exact) mass is 339 g/mol. The van der Waals surface area contributed by atoms with Crippen LogP contribution in [0.4, 0.5) is 0 Å². The fraction of sp³-hybridized carbons (Fsp3) is 0.600. The van der Waals surface area contributed by atoms with Crippen molar-refractivity contribution in [1.82, 2.24) is 5.32 Å². The molecule has 0 saturated carbocycles. The molecule has 1 nitrogen and oxygen atoms in total. The Kier molecular flexibility index (Phi) is 4.62. The van der Waals surface area contributed by atoms with Crippen LogP contribution in [0.3, 0.4) is 0 Å². The van der Waals surface area contributed by atoms with Gasteiger partial charge in [0.1, 0.15) is 0 Å². The quantitative estimate of drug-likeness (QED) is 0.867. The normalized spacial score (nSPS) is 12.1. The van der Waals surface area contributed by atoms with E-state index in [1.807, 2.05) is 18.4 Å². The molecule has 0 spiro atoms. The van der Waals surface area contributed by atoms with E-state index >= 15 is 0 Å². The Bertz CT molecular complexity index is 288. The largest absolute Gasteiger partial charge is 0.320 e. The predicted molar refractivity (Wildman–Crippen MR) is 71.3 cm³/mol. The summed E-state index contributed by atoms with van der Waals surface area (Å²) in [6, 6.07) is 2.21. The molecule has 0 saturated heterocycles. The zero-order chi connectivity index (χ0) is 10.8. The third-order valence-corrected chi connectivity index (χ3v) is 5.93. The molecular weight excluding hydrogens is 326 g/mol. The second-order valence-corrected chi connectivity index (χ2v) is 7.19. The highest BCUT2D eigenvalue weighted by Gasteiger charge is 2.23. The van der Waals surface area contributed by atoms with Gasteiger partial charge in [-0.3, -0.25) is 0 Å². The van der Waals surface area contributed by atoms with E-state index < -0.39 is 0 Å². The average molecular weight is 341 g/mol. The summed E-state index contributed by atoms with van der Waals surface area (Å²) in [7, 11) is 2.00. The van der Waals surface area contributed by atoms with Crippen LogP contribution < -0.4 is 5.32 Å². The molecule has 0 aliphatic heterocycles. The maximum Gasteiger partial charge on any atom is 0.0843 e. The van der Waals surface area contributed by atoms with Crippen molar-refractivity contribution in [2.45, 2.75) is 25.7 Å². The summed E-state index contributed by atoms with van der Waals surface area (Å²) in [5.41, 5.74) is 0.252. The lowest BCUT2D eigenvalue weighted by Gasteiger charge is -2.22. The van der Waals surface area contributed by atoms with Crippen molar-refractivity contribution in [3.05, 3.63) is 19.2 Å². The van der Waals surface area contributed by atoms with Crippen LogP contribution >= 0.6 is 43.2 Å². The molecule has 4 heteroatoms. The van der Waals surface area contributed by atoms with Crippen LogP contribution in [-0.4, -0.2) is 13.6 Å². The van der Waals surface area contributed by atoms with Gasteiger partial charge in [0.2, 0.25) is 0 Å². The van der Waals surface area contributed by atoms with E-state index in [4.69, 9.17) is 0 Å². The van der Waals surface area contributed by atoms with Crippen LogP contribution in [0.5, 0.6) is 0 Å². The molecule has 0 aliphatic rings. The second-order valence-electron chi connectivity index (χ2n) is 3.97. The lowest BCUT2D eigenvalue weighted by molar-refractivity contribution is 0.477. The second kappa shape index (κ2) is 5.10. The standard InChI is InChI=1S/C10H15Br2NS/c1-10(2,4-5-13-3)8-6-7(11)9(12)14-8/h6,13H,4-5H2,1-3H3. The van der Waals surface area contributed by atoms with Gasteiger partial charge >= 0.3 is 0 Å². The van der Waals surface area contributed by atoms with Crippen LogP contribution in [-0.2, 0) is 5.41 Å². The Morgan fingerprint density at radius 3 is 2.50 bits per heavy atom. The molecule has 0 amide bonds. The van der Waals surface area contributed by atoms with Crippen LogP contribution in [0.15, 0.2) is 14.3 Å². The number of rotatable bonds is 4. The van der Waals surface area contributed by atoms with Gasteiger partial charge in [0.15, 0.2) is 0 Å². The predicted octanol–water partition coefficient (Wildman–Crippen LogP) is 4.16. The van der Waals surface area contributed by atoms with E-state index in [0.29, 0.717) is 0 Å². The highest BCUT2D eigenvalue weighted by molar-refractivity contribution is 9.13. The fourth-order valence-corrected chi connectivity index (χ4v) is 3.41. The SMILES string of the molecule is CNCCC(C)(C)c1cc(Br)c(Br)s1. The zero-order valence-electron chi connectivity index (χ0n) is 8.66. The molecule has 1 N–H and O–H groups in total. The number of halogens is 2. The zero-order valence-corrected chi connectivity index (χ0v) is 12.6. The summed E-state index contributed by atoms with van der Waals surface area (Å²) < 4.78 is 2.35. The lowest BCUT2D eigenvalue weighted by Crippen LogP contribution is -2.22. The Morgan fingerprint density at radius 2 is 2.07 bits per heavy atom. The molecule has 0 aromatic carbocycles. The van der Waals surface area contributed by atoms with Crippen molar-refractivity contribution < 1.29 is 0 Å². The molecule has 1 aromatic rings. The molecular formula is C10H15Br2NS. The molecule has 0 bridgehead atoms. The molecule has 1 rings (SSSR count). The lowest BCUT2D eigenvalue weighted by atomic mass is 9.88. The fourth-order valence-electron chi connectivity index (χ4n) is 1.24. The topological polar surface area (TPSA) is 12.0 Å². The molecule has 0 unspecified atom stereocenters. The van der Waals surface area contributed by atoms with E-state index in [9.17, 15) is 0 Å². The highest BCUT2D eigenvalue weighted by Crippen LogP contribution is 2.39. The first-order chi connectivity index (χ1) is 6.47. The van der Waals surface area contributed by atoms with Crippen molar-refractivity contribution in [2.24, 2.45) is 0 Å². The average Bonchev–Trinajstić information content (AvgIpc) is 2.45. The minimum Gasteiger partial charge on any atom is -0.320 e. The van der Waals surface area contributed by atoms with Crippen LogP contribution in [0.2, 0.25) is 0 Å². The van der Waals surface area contributed by atoms with Crippen molar-refractivity contribution in [3.63, 3.8) is 0 Å². The van der Waals surface area contributed by atoms with Gasteiger partial charge in [0.05, 0.1) is 3.79 Å². The Hall–Kier alpha value is 0.620. The number of hydrogen-bond acceptors (Lipinski definition) is 2. The van der Waals surface area contributed by atoms with Gasteiger partial charge in [-0.15, -0.1) is 11.3 Å². The van der Waals surface area contributed by atoms with Crippen molar-refractivity contribution >= 4 is 43.2 Å². The molecule has 1 heterocycles. The summed E-state index contributed by atoms with van der Waals surface area (Å²) in [6.45, 7) is 5.63. The molecule has 0 fully saturated rings. The first-order valence-corrected chi connectivity index (χ1v) is 6.97. The summed E-state index contributed by atoms with van der Waals surface area (Å²) in [5, 5.41) is 3.20. The van der Waals surface area contributed by atoms with E-state index in [0.717, 1.165) is 17.4 Å². The molecule has 0 aliphatic carbocycles. The molecule has 0 atom stereocenters. The number of hydrogen-bond donors (Lipinski definition) is 1. The van der Waals surface area contributed by atoms with Gasteiger partial charge in [0, 0.05) is 14.8 Å². The number of nitrogens with one attached hydrogen (secondary N) is 1. The van der Waals surface area contributed by atoms with Crippen LogP contribution in [0, 0.1) is 0 Å². The Morgan fingerprint density at radius 1 is 1.43 bits per heavy atom. The Labute approximate surface area is 107 Å². The third kappa shape index (κ3) is 3.05. The molecule has 0 radical (unpaired) electrons. The van der Waals surface area contributed by atoms with E-state index in [-0.39, 0.29) is 5.41 Å². The van der Waals surface area contributed by atoms with Crippen LogP contribution in [0.25, 0.3) is 0 Å². The summed E-state index contributed by atoms with van der Waals surface area (Å²) in [4.78, 5) is 1.42. The van der Waals surface area contributed by atoms with Crippen molar-refractivity contribution in [2.75, 3.05) is 13.6 Å². The van der Waals surface area contributed by atoms with Crippen molar-refractivity contribution in [3.8, 4) is 0 Å². The maximum atomic E-state index is 3.53. The minimum absolute atomic E-state index is 0.252. The van der Waals surface area contributed by atoms with Gasteiger partial charge in [-0.05, 0) is 57.9 Å². The highest BCUT2D eigenvalue weighted by atomic mass is 79.9. The first kappa shape index (κ1) is 12.7. The number of thiophene rings is 1. The van der Waals surface area contributed by atoms with Gasteiger partial charge < -0.3 is 5.32 Å². The van der Waals surface area contributed by atoms with E-state index in [1.54, 1.807) is 0 Å². The summed E-state index contributed by atoms with van der Waals surface area (Å²) >= 11 is 8.87. The van der Waals surface area contributed by atoms with Crippen molar-refractivity contribution in [1.29, 1.82) is 0 Å². The van der Waals surface area contributed by atoms with Gasteiger partial charge in [-0.1, -0.05) is 13.8 Å². The van der Waals surface area contributed by atoms with Gasteiger partial charge in [0.25, 0.3) is 0 Å². The van der Waals surface area contributed by atoms with Gasteiger partial charge in [-0.2, -0.15) is 0 Å². The molecule has 14 heavy (non-hydrogen) atoms. The molecule has 1 aromatic heterocycles. The molecule has 80 valence electrons. The van der Waals surface area contributed by atoms with Crippen LogP contribution in [0.1, 0.15) is 25.1 Å². The first-order valence-electron chi connectivity index (χ1n) is 4.57. The summed E-state index contributed by atoms with van der Waals surface area (Å²) in [5.74, 6) is 0. The third-order valence-electron chi connectivity index (χ3n) is 2.31. The van der Waals surface area contributed by atoms with Gasteiger partial charge in [-0.25, -0.2) is 0 Å².